The van der Waals surface area contributed by atoms with Gasteiger partial charge in [0.1, 0.15) is 5.41 Å². The molecule has 0 aromatic heterocycles. The van der Waals surface area contributed by atoms with E-state index in [2.05, 4.69) is 110 Å². The summed E-state index contributed by atoms with van der Waals surface area (Å²) in [6, 6.07) is 28.1. The van der Waals surface area contributed by atoms with E-state index in [0.29, 0.717) is 6.04 Å². The Kier molecular flexibility index (Phi) is 8.98. The van der Waals surface area contributed by atoms with Crippen molar-refractivity contribution in [3.63, 3.8) is 0 Å². The van der Waals surface area contributed by atoms with E-state index < -0.39 is 5.41 Å². The van der Waals surface area contributed by atoms with Crippen molar-refractivity contribution in [3.8, 4) is 11.1 Å². The van der Waals surface area contributed by atoms with Crippen LogP contribution in [-0.2, 0) is 16.8 Å². The highest BCUT2D eigenvalue weighted by molar-refractivity contribution is 6.00. The van der Waals surface area contributed by atoms with Gasteiger partial charge in [-0.25, -0.2) is 0 Å². The standard InChI is InChI=1S/C33H42N2O/c1-4-6-23-35(24-7-5-2)32(36)33(22-21-26(3)34-25-27-15-9-8-10-16-27)30-19-13-11-17-28(30)29-18-12-14-20-31(29)33/h8-20,26,34H,4-7,21-25H2,1-3H3. The summed E-state index contributed by atoms with van der Waals surface area (Å²) < 4.78 is 0. The number of rotatable bonds is 13. The quantitative estimate of drug-likeness (QED) is 0.276. The molecule has 1 atom stereocenters. The number of hydrogen-bond donors (Lipinski definition) is 1. The van der Waals surface area contributed by atoms with Gasteiger partial charge in [0.25, 0.3) is 0 Å². The van der Waals surface area contributed by atoms with E-state index in [4.69, 9.17) is 0 Å². The minimum absolute atomic E-state index is 0.289. The average molecular weight is 483 g/mol. The summed E-state index contributed by atoms with van der Waals surface area (Å²) in [5, 5.41) is 3.70. The smallest absolute Gasteiger partial charge is 0.237 e. The number of hydrogen-bond acceptors (Lipinski definition) is 2. The second-order valence-corrected chi connectivity index (χ2v) is 10.3. The number of carbonyl (C=O) groups excluding carboxylic acids is 1. The molecule has 1 aliphatic rings. The maximum Gasteiger partial charge on any atom is 0.237 e. The van der Waals surface area contributed by atoms with Crippen LogP contribution < -0.4 is 5.32 Å². The molecule has 3 nitrogen and oxygen atoms in total. The van der Waals surface area contributed by atoms with E-state index in [1.54, 1.807) is 0 Å². The van der Waals surface area contributed by atoms with Crippen molar-refractivity contribution >= 4 is 5.91 Å². The fourth-order valence-electron chi connectivity index (χ4n) is 5.64. The zero-order valence-electron chi connectivity index (χ0n) is 22.3. The minimum Gasteiger partial charge on any atom is -0.342 e. The third-order valence-corrected chi connectivity index (χ3v) is 7.73. The van der Waals surface area contributed by atoms with Gasteiger partial charge in [-0.3, -0.25) is 4.79 Å². The molecule has 0 bridgehead atoms. The fourth-order valence-corrected chi connectivity index (χ4v) is 5.64. The van der Waals surface area contributed by atoms with Crippen LogP contribution in [-0.4, -0.2) is 29.9 Å². The largest absolute Gasteiger partial charge is 0.342 e. The number of fused-ring (bicyclic) bond motifs is 3. The first-order chi connectivity index (χ1) is 17.6. The van der Waals surface area contributed by atoms with Crippen molar-refractivity contribution in [2.45, 2.75) is 77.3 Å². The first kappa shape index (κ1) is 26.2. The molecule has 1 amide bonds. The molecule has 0 fully saturated rings. The molecule has 0 saturated heterocycles. The van der Waals surface area contributed by atoms with E-state index >= 15 is 0 Å². The summed E-state index contributed by atoms with van der Waals surface area (Å²) in [6.45, 7) is 9.18. The average Bonchev–Trinajstić information content (AvgIpc) is 3.22. The number of nitrogens with one attached hydrogen (secondary N) is 1. The Balaban J connectivity index is 1.67. The van der Waals surface area contributed by atoms with Crippen LogP contribution in [0.15, 0.2) is 78.9 Å². The van der Waals surface area contributed by atoms with Gasteiger partial charge in [0.15, 0.2) is 0 Å². The van der Waals surface area contributed by atoms with Crippen LogP contribution in [0.4, 0.5) is 0 Å². The van der Waals surface area contributed by atoms with Gasteiger partial charge in [0.2, 0.25) is 5.91 Å². The lowest BCUT2D eigenvalue weighted by Gasteiger charge is -2.37. The zero-order valence-corrected chi connectivity index (χ0v) is 22.3. The Hall–Kier alpha value is -2.91. The lowest BCUT2D eigenvalue weighted by Crippen LogP contribution is -2.48. The predicted molar refractivity (Wildman–Crippen MR) is 151 cm³/mol. The minimum atomic E-state index is -0.628. The van der Waals surface area contributed by atoms with Crippen molar-refractivity contribution in [2.75, 3.05) is 13.1 Å². The van der Waals surface area contributed by atoms with Crippen molar-refractivity contribution in [3.05, 3.63) is 95.6 Å². The summed E-state index contributed by atoms with van der Waals surface area (Å²) in [5.74, 6) is 0.289. The van der Waals surface area contributed by atoms with Gasteiger partial charge in [0.05, 0.1) is 0 Å². The first-order valence-corrected chi connectivity index (χ1v) is 13.9. The lowest BCUT2D eigenvalue weighted by molar-refractivity contribution is -0.136. The van der Waals surface area contributed by atoms with Gasteiger partial charge >= 0.3 is 0 Å². The molecule has 3 aromatic carbocycles. The summed E-state index contributed by atoms with van der Waals surface area (Å²) in [4.78, 5) is 16.9. The van der Waals surface area contributed by atoms with E-state index in [-0.39, 0.29) is 5.91 Å². The number of nitrogens with zero attached hydrogens (tertiary/aromatic N) is 1. The number of carbonyl (C=O) groups is 1. The summed E-state index contributed by atoms with van der Waals surface area (Å²) in [6.07, 6.45) is 6.01. The molecule has 190 valence electrons. The Morgan fingerprint density at radius 1 is 0.806 bits per heavy atom. The van der Waals surface area contributed by atoms with Gasteiger partial charge in [-0.05, 0) is 60.4 Å². The van der Waals surface area contributed by atoms with Crippen LogP contribution >= 0.6 is 0 Å². The maximum atomic E-state index is 14.7. The number of amides is 1. The van der Waals surface area contributed by atoms with E-state index in [1.807, 2.05) is 0 Å². The fraction of sp³-hybridized carbons (Fsp3) is 0.424. The molecule has 0 heterocycles. The second-order valence-electron chi connectivity index (χ2n) is 10.3. The van der Waals surface area contributed by atoms with Crippen LogP contribution in [0.5, 0.6) is 0 Å². The molecular formula is C33H42N2O. The van der Waals surface area contributed by atoms with E-state index in [1.165, 1.54) is 27.8 Å². The molecule has 3 aromatic rings. The van der Waals surface area contributed by atoms with Gasteiger partial charge in [-0.2, -0.15) is 0 Å². The molecule has 1 aliphatic carbocycles. The summed E-state index contributed by atoms with van der Waals surface area (Å²) in [5.41, 5.74) is 5.47. The normalized spacial score (nSPS) is 14.2. The zero-order chi connectivity index (χ0) is 25.4. The van der Waals surface area contributed by atoms with Gasteiger partial charge < -0.3 is 10.2 Å². The van der Waals surface area contributed by atoms with Gasteiger partial charge in [-0.15, -0.1) is 0 Å². The van der Waals surface area contributed by atoms with Crippen LogP contribution in [0.25, 0.3) is 11.1 Å². The van der Waals surface area contributed by atoms with E-state index in [9.17, 15) is 4.79 Å². The Labute approximate surface area is 217 Å². The van der Waals surface area contributed by atoms with Gasteiger partial charge in [-0.1, -0.05) is 106 Å². The lowest BCUT2D eigenvalue weighted by atomic mass is 9.72. The molecule has 0 saturated carbocycles. The molecule has 36 heavy (non-hydrogen) atoms. The maximum absolute atomic E-state index is 14.7. The third kappa shape index (κ3) is 5.42. The number of benzene rings is 3. The van der Waals surface area contributed by atoms with Gasteiger partial charge in [0, 0.05) is 25.7 Å². The van der Waals surface area contributed by atoms with Crippen molar-refractivity contribution in [1.82, 2.24) is 10.2 Å². The van der Waals surface area contributed by atoms with Crippen LogP contribution in [0.3, 0.4) is 0 Å². The van der Waals surface area contributed by atoms with Crippen LogP contribution in [0, 0.1) is 0 Å². The first-order valence-electron chi connectivity index (χ1n) is 13.9. The topological polar surface area (TPSA) is 32.3 Å². The Morgan fingerprint density at radius 3 is 1.89 bits per heavy atom. The van der Waals surface area contributed by atoms with Crippen LogP contribution in [0.2, 0.25) is 0 Å². The van der Waals surface area contributed by atoms with Crippen molar-refractivity contribution < 1.29 is 4.79 Å². The third-order valence-electron chi connectivity index (χ3n) is 7.73. The van der Waals surface area contributed by atoms with Crippen molar-refractivity contribution in [2.24, 2.45) is 0 Å². The molecular weight excluding hydrogens is 440 g/mol. The predicted octanol–water partition coefficient (Wildman–Crippen LogP) is 7.34. The molecule has 0 aliphatic heterocycles. The highest BCUT2D eigenvalue weighted by Crippen LogP contribution is 2.52. The summed E-state index contributed by atoms with van der Waals surface area (Å²) in [7, 11) is 0. The molecule has 3 heteroatoms. The highest BCUT2D eigenvalue weighted by Gasteiger charge is 2.50. The SMILES string of the molecule is CCCCN(CCCC)C(=O)C1(CCC(C)NCc2ccccc2)c2ccccc2-c2ccccc21. The molecule has 0 spiro atoms. The Bertz CT molecular complexity index is 1070. The highest BCUT2D eigenvalue weighted by atomic mass is 16.2. The molecule has 1 N–H and O–H groups in total. The van der Waals surface area contributed by atoms with Crippen LogP contribution in [0.1, 0.15) is 76.0 Å². The summed E-state index contributed by atoms with van der Waals surface area (Å²) >= 11 is 0. The molecule has 4 rings (SSSR count). The molecule has 1 unspecified atom stereocenters. The second kappa shape index (κ2) is 12.4. The van der Waals surface area contributed by atoms with E-state index in [0.717, 1.165) is 58.2 Å². The number of unbranched alkanes of at least 4 members (excludes halogenated alkanes) is 2. The van der Waals surface area contributed by atoms with Crippen molar-refractivity contribution in [1.29, 1.82) is 0 Å². The monoisotopic (exact) mass is 482 g/mol. The molecule has 0 radical (unpaired) electrons. The Morgan fingerprint density at radius 2 is 1.33 bits per heavy atom.